The fourth-order valence-electron chi connectivity index (χ4n) is 2.18. The lowest BCUT2D eigenvalue weighted by atomic mass is 10.1. The van der Waals surface area contributed by atoms with Gasteiger partial charge in [0, 0.05) is 12.2 Å². The molecule has 1 aliphatic heterocycles. The second-order valence-corrected chi connectivity index (χ2v) is 4.97. The molecular weight excluding hydrogens is 258 g/mol. The minimum absolute atomic E-state index is 0.195. The zero-order valence-corrected chi connectivity index (χ0v) is 11.8. The average molecular weight is 277 g/mol. The number of piperidine rings is 1. The third kappa shape index (κ3) is 3.54. The van der Waals surface area contributed by atoms with Gasteiger partial charge in [-0.25, -0.2) is 4.79 Å². The van der Waals surface area contributed by atoms with Gasteiger partial charge in [-0.05, 0) is 45.1 Å². The van der Waals surface area contributed by atoms with Crippen LogP contribution in [0.1, 0.15) is 33.7 Å². The monoisotopic (exact) mass is 277 g/mol. The maximum absolute atomic E-state index is 12.0. The maximum atomic E-state index is 12.0. The van der Waals surface area contributed by atoms with Crippen molar-refractivity contribution in [3.8, 4) is 0 Å². The molecule has 108 valence electrons. The largest absolute Gasteiger partial charge is 0.465 e. The molecule has 1 fully saturated rings. The van der Waals surface area contributed by atoms with Crippen molar-refractivity contribution >= 4 is 11.9 Å². The molecule has 0 saturated carbocycles. The van der Waals surface area contributed by atoms with Gasteiger partial charge >= 0.3 is 5.97 Å². The fourth-order valence-corrected chi connectivity index (χ4v) is 2.18. The van der Waals surface area contributed by atoms with Crippen LogP contribution in [0.15, 0.2) is 18.3 Å². The van der Waals surface area contributed by atoms with Crippen LogP contribution in [0.2, 0.25) is 0 Å². The number of carbonyl (C=O) groups is 2. The maximum Gasteiger partial charge on any atom is 0.339 e. The Morgan fingerprint density at radius 2 is 2.05 bits per heavy atom. The smallest absolute Gasteiger partial charge is 0.339 e. The van der Waals surface area contributed by atoms with Crippen LogP contribution in [0.5, 0.6) is 0 Å². The first-order valence-electron chi connectivity index (χ1n) is 6.64. The molecule has 1 aromatic rings. The van der Waals surface area contributed by atoms with Crippen molar-refractivity contribution in [2.75, 3.05) is 27.2 Å². The summed E-state index contributed by atoms with van der Waals surface area (Å²) in [5.41, 5.74) is 0.653. The number of carbonyl (C=O) groups excluding carboxylic acids is 2. The molecule has 1 saturated heterocycles. The van der Waals surface area contributed by atoms with E-state index < -0.39 is 5.97 Å². The Bertz CT molecular complexity index is 479. The summed E-state index contributed by atoms with van der Waals surface area (Å²) in [6, 6.07) is 3.28. The quantitative estimate of drug-likeness (QED) is 0.823. The van der Waals surface area contributed by atoms with E-state index in [9.17, 15) is 9.59 Å². The number of hydrogen-bond donors (Lipinski definition) is 1. The summed E-state index contributed by atoms with van der Waals surface area (Å²) in [7, 11) is 3.38. The highest BCUT2D eigenvalue weighted by Gasteiger charge is 2.19. The van der Waals surface area contributed by atoms with Crippen molar-refractivity contribution in [1.82, 2.24) is 15.2 Å². The van der Waals surface area contributed by atoms with Crippen LogP contribution in [0.4, 0.5) is 0 Å². The minimum Gasteiger partial charge on any atom is -0.465 e. The standard InChI is InChI=1S/C14H19N3O3/c1-17-7-5-11(6-8-17)16-13(18)12-4-3-10(9-15-12)14(19)20-2/h3-4,9,11H,5-8H2,1-2H3,(H,16,18). The second-order valence-electron chi connectivity index (χ2n) is 4.97. The van der Waals surface area contributed by atoms with Gasteiger partial charge in [-0.2, -0.15) is 0 Å². The van der Waals surface area contributed by atoms with Gasteiger partial charge in [-0.1, -0.05) is 0 Å². The lowest BCUT2D eigenvalue weighted by molar-refractivity contribution is 0.0599. The van der Waals surface area contributed by atoms with Crippen LogP contribution in [0, 0.1) is 0 Å². The summed E-state index contributed by atoms with van der Waals surface area (Å²) in [4.78, 5) is 29.6. The van der Waals surface area contributed by atoms with E-state index >= 15 is 0 Å². The number of hydrogen-bond acceptors (Lipinski definition) is 5. The van der Waals surface area contributed by atoms with E-state index in [1.54, 1.807) is 6.07 Å². The molecule has 6 heteroatoms. The van der Waals surface area contributed by atoms with Gasteiger partial charge in [0.15, 0.2) is 0 Å². The molecule has 6 nitrogen and oxygen atoms in total. The molecule has 1 aliphatic rings. The van der Waals surface area contributed by atoms with E-state index in [1.807, 2.05) is 0 Å². The highest BCUT2D eigenvalue weighted by atomic mass is 16.5. The molecule has 1 amide bonds. The van der Waals surface area contributed by atoms with Crippen molar-refractivity contribution in [1.29, 1.82) is 0 Å². The summed E-state index contributed by atoms with van der Waals surface area (Å²) >= 11 is 0. The summed E-state index contributed by atoms with van der Waals surface area (Å²) in [6.45, 7) is 1.97. The number of pyridine rings is 1. The van der Waals surface area contributed by atoms with Crippen molar-refractivity contribution in [3.63, 3.8) is 0 Å². The van der Waals surface area contributed by atoms with E-state index in [1.165, 1.54) is 19.4 Å². The molecule has 20 heavy (non-hydrogen) atoms. The molecule has 0 atom stereocenters. The van der Waals surface area contributed by atoms with Crippen molar-refractivity contribution in [2.45, 2.75) is 18.9 Å². The lowest BCUT2D eigenvalue weighted by Crippen LogP contribution is -2.43. The van der Waals surface area contributed by atoms with Gasteiger partial charge in [0.2, 0.25) is 0 Å². The van der Waals surface area contributed by atoms with Crippen LogP contribution in [0.3, 0.4) is 0 Å². The minimum atomic E-state index is -0.459. The number of methoxy groups -OCH3 is 1. The van der Waals surface area contributed by atoms with Gasteiger partial charge in [0.05, 0.1) is 12.7 Å². The Morgan fingerprint density at radius 3 is 2.60 bits per heavy atom. The Balaban J connectivity index is 1.94. The number of ether oxygens (including phenoxy) is 1. The summed E-state index contributed by atoms with van der Waals surface area (Å²) in [5.74, 6) is -0.657. The first-order valence-corrected chi connectivity index (χ1v) is 6.64. The topological polar surface area (TPSA) is 71.5 Å². The molecule has 1 N–H and O–H groups in total. The Hall–Kier alpha value is -1.95. The summed E-state index contributed by atoms with van der Waals surface area (Å²) < 4.78 is 4.58. The molecule has 0 bridgehead atoms. The molecule has 0 aliphatic carbocycles. The van der Waals surface area contributed by atoms with Crippen LogP contribution in [-0.2, 0) is 4.74 Å². The molecule has 0 radical (unpaired) electrons. The van der Waals surface area contributed by atoms with Gasteiger partial charge in [-0.3, -0.25) is 9.78 Å². The van der Waals surface area contributed by atoms with E-state index in [4.69, 9.17) is 0 Å². The first-order chi connectivity index (χ1) is 9.60. The zero-order valence-electron chi connectivity index (χ0n) is 11.8. The fraction of sp³-hybridized carbons (Fsp3) is 0.500. The highest BCUT2D eigenvalue weighted by Crippen LogP contribution is 2.09. The molecule has 0 spiro atoms. The van der Waals surface area contributed by atoms with Gasteiger partial charge in [0.1, 0.15) is 5.69 Å². The number of amides is 1. The van der Waals surface area contributed by atoms with Crippen molar-refractivity contribution < 1.29 is 14.3 Å². The van der Waals surface area contributed by atoms with Crippen LogP contribution in [-0.4, -0.2) is 55.0 Å². The average Bonchev–Trinajstić information content (AvgIpc) is 2.49. The molecule has 2 heterocycles. The SMILES string of the molecule is COC(=O)c1ccc(C(=O)NC2CCN(C)CC2)nc1. The lowest BCUT2D eigenvalue weighted by Gasteiger charge is -2.29. The third-order valence-corrected chi connectivity index (χ3v) is 3.47. The molecular formula is C14H19N3O3. The highest BCUT2D eigenvalue weighted by molar-refractivity contribution is 5.94. The number of nitrogens with one attached hydrogen (secondary N) is 1. The number of nitrogens with zero attached hydrogens (tertiary/aromatic N) is 2. The van der Waals surface area contributed by atoms with E-state index in [0.717, 1.165) is 25.9 Å². The van der Waals surface area contributed by atoms with Gasteiger partial charge < -0.3 is 15.0 Å². The molecule has 0 unspecified atom stereocenters. The van der Waals surface area contributed by atoms with E-state index in [-0.39, 0.29) is 11.9 Å². The van der Waals surface area contributed by atoms with Crippen LogP contribution in [0.25, 0.3) is 0 Å². The Labute approximate surface area is 118 Å². The third-order valence-electron chi connectivity index (χ3n) is 3.47. The Morgan fingerprint density at radius 1 is 1.35 bits per heavy atom. The van der Waals surface area contributed by atoms with Crippen molar-refractivity contribution in [3.05, 3.63) is 29.6 Å². The number of rotatable bonds is 3. The Kier molecular flexibility index (Phi) is 4.68. The predicted octanol–water partition coefficient (Wildman–Crippen LogP) is 0.692. The summed E-state index contributed by atoms with van der Waals surface area (Å²) in [6.07, 6.45) is 3.25. The van der Waals surface area contributed by atoms with E-state index in [0.29, 0.717) is 11.3 Å². The molecule has 1 aromatic heterocycles. The van der Waals surface area contributed by atoms with Crippen LogP contribution >= 0.6 is 0 Å². The van der Waals surface area contributed by atoms with E-state index in [2.05, 4.69) is 27.0 Å². The summed E-state index contributed by atoms with van der Waals surface area (Å²) in [5, 5.41) is 2.97. The van der Waals surface area contributed by atoms with Crippen LogP contribution < -0.4 is 5.32 Å². The van der Waals surface area contributed by atoms with Gasteiger partial charge in [0.25, 0.3) is 5.91 Å². The molecule has 2 rings (SSSR count). The number of aromatic nitrogens is 1. The second kappa shape index (κ2) is 6.47. The number of esters is 1. The first kappa shape index (κ1) is 14.5. The normalized spacial score (nSPS) is 16.7. The molecule has 0 aromatic carbocycles. The van der Waals surface area contributed by atoms with Crippen molar-refractivity contribution in [2.24, 2.45) is 0 Å². The predicted molar refractivity (Wildman–Crippen MR) is 73.6 cm³/mol. The van der Waals surface area contributed by atoms with Gasteiger partial charge in [-0.15, -0.1) is 0 Å². The zero-order chi connectivity index (χ0) is 14.5. The number of likely N-dealkylation sites (tertiary alicyclic amines) is 1.